The van der Waals surface area contributed by atoms with Gasteiger partial charge in [-0.3, -0.25) is 9.59 Å². The molecule has 1 aliphatic rings. The molecule has 1 aliphatic heterocycles. The molecule has 122 valence electrons. The van der Waals surface area contributed by atoms with Crippen molar-refractivity contribution < 1.29 is 14.7 Å². The van der Waals surface area contributed by atoms with Crippen LogP contribution in [0.5, 0.6) is 0 Å². The minimum absolute atomic E-state index is 0.00624. The topological polar surface area (TPSA) is 83.6 Å². The van der Waals surface area contributed by atoms with E-state index in [0.29, 0.717) is 26.1 Å². The SMILES string of the molecule is CC(C)C1(C(=O)O)CCN(C(=O)C(CN)CC(C)(C)C)C1. The Labute approximate surface area is 127 Å². The van der Waals surface area contributed by atoms with Crippen molar-refractivity contribution in [1.29, 1.82) is 0 Å². The van der Waals surface area contributed by atoms with E-state index in [4.69, 9.17) is 5.73 Å². The summed E-state index contributed by atoms with van der Waals surface area (Å²) >= 11 is 0. The lowest BCUT2D eigenvalue weighted by molar-refractivity contribution is -0.151. The van der Waals surface area contributed by atoms with E-state index in [0.717, 1.165) is 6.42 Å². The fraction of sp³-hybridized carbons (Fsp3) is 0.875. The zero-order valence-corrected chi connectivity index (χ0v) is 14.0. The number of hydrogen-bond acceptors (Lipinski definition) is 3. The van der Waals surface area contributed by atoms with Gasteiger partial charge in [0.15, 0.2) is 0 Å². The maximum Gasteiger partial charge on any atom is 0.311 e. The highest BCUT2D eigenvalue weighted by Crippen LogP contribution is 2.39. The van der Waals surface area contributed by atoms with E-state index in [1.807, 2.05) is 13.8 Å². The normalized spacial score (nSPS) is 24.4. The highest BCUT2D eigenvalue weighted by Gasteiger charge is 2.49. The highest BCUT2D eigenvalue weighted by molar-refractivity contribution is 5.82. The molecule has 1 fully saturated rings. The number of aliphatic carboxylic acids is 1. The number of rotatable bonds is 5. The molecule has 2 unspecified atom stereocenters. The number of carboxylic acid groups (broad SMARTS) is 1. The van der Waals surface area contributed by atoms with E-state index in [1.165, 1.54) is 0 Å². The summed E-state index contributed by atoms with van der Waals surface area (Å²) in [5, 5.41) is 9.55. The molecule has 5 nitrogen and oxygen atoms in total. The Balaban J connectivity index is 2.83. The number of hydrogen-bond donors (Lipinski definition) is 2. The third kappa shape index (κ3) is 3.96. The van der Waals surface area contributed by atoms with E-state index in [2.05, 4.69) is 20.8 Å². The molecule has 1 saturated heterocycles. The summed E-state index contributed by atoms with van der Waals surface area (Å²) in [6.45, 7) is 11.2. The van der Waals surface area contributed by atoms with Gasteiger partial charge in [0.05, 0.1) is 11.3 Å². The van der Waals surface area contributed by atoms with E-state index < -0.39 is 11.4 Å². The van der Waals surface area contributed by atoms with E-state index in [9.17, 15) is 14.7 Å². The molecule has 0 spiro atoms. The van der Waals surface area contributed by atoms with Crippen LogP contribution in [0.1, 0.15) is 47.5 Å². The molecule has 0 bridgehead atoms. The third-order valence-electron chi connectivity index (χ3n) is 4.64. The molecule has 0 aromatic heterocycles. The number of carbonyl (C=O) groups excluding carboxylic acids is 1. The van der Waals surface area contributed by atoms with Crippen LogP contribution in [-0.2, 0) is 9.59 Å². The largest absolute Gasteiger partial charge is 0.481 e. The fourth-order valence-corrected chi connectivity index (χ4v) is 3.18. The summed E-state index contributed by atoms with van der Waals surface area (Å²) in [5.41, 5.74) is 4.99. The van der Waals surface area contributed by atoms with Crippen molar-refractivity contribution in [2.45, 2.75) is 47.5 Å². The molecule has 0 aromatic carbocycles. The summed E-state index contributed by atoms with van der Waals surface area (Å²) in [5.74, 6) is -1.00. The number of amides is 1. The van der Waals surface area contributed by atoms with Crippen molar-refractivity contribution >= 4 is 11.9 Å². The smallest absolute Gasteiger partial charge is 0.311 e. The molecule has 0 saturated carbocycles. The molecule has 0 radical (unpaired) electrons. The number of carboxylic acids is 1. The molecule has 1 heterocycles. The van der Waals surface area contributed by atoms with Gasteiger partial charge < -0.3 is 15.7 Å². The van der Waals surface area contributed by atoms with Crippen molar-refractivity contribution in [3.8, 4) is 0 Å². The first-order valence-electron chi connectivity index (χ1n) is 7.76. The lowest BCUT2D eigenvalue weighted by Crippen LogP contribution is -2.43. The van der Waals surface area contributed by atoms with E-state index in [1.54, 1.807) is 4.90 Å². The second-order valence-corrected chi connectivity index (χ2v) is 7.82. The van der Waals surface area contributed by atoms with Gasteiger partial charge in [-0.05, 0) is 24.2 Å². The predicted octanol–water partition coefficient (Wildman–Crippen LogP) is 1.96. The third-order valence-corrected chi connectivity index (χ3v) is 4.64. The summed E-state index contributed by atoms with van der Waals surface area (Å²) in [6.07, 6.45) is 1.25. The summed E-state index contributed by atoms with van der Waals surface area (Å²) in [7, 11) is 0. The van der Waals surface area contributed by atoms with Crippen molar-refractivity contribution in [3.63, 3.8) is 0 Å². The van der Waals surface area contributed by atoms with Crippen LogP contribution in [0.15, 0.2) is 0 Å². The van der Waals surface area contributed by atoms with Gasteiger partial charge >= 0.3 is 5.97 Å². The minimum Gasteiger partial charge on any atom is -0.481 e. The number of carbonyl (C=O) groups is 2. The fourth-order valence-electron chi connectivity index (χ4n) is 3.18. The average Bonchev–Trinajstić information content (AvgIpc) is 2.80. The van der Waals surface area contributed by atoms with Crippen LogP contribution in [-0.4, -0.2) is 41.5 Å². The van der Waals surface area contributed by atoms with Crippen LogP contribution < -0.4 is 5.73 Å². The molecular formula is C16H30N2O3. The molecule has 1 rings (SSSR count). The van der Waals surface area contributed by atoms with E-state index in [-0.39, 0.29) is 23.2 Å². The first-order chi connectivity index (χ1) is 9.53. The molecule has 0 aliphatic carbocycles. The Bertz CT molecular complexity index is 401. The number of likely N-dealkylation sites (tertiary alicyclic amines) is 1. The molecule has 1 amide bonds. The Morgan fingerprint density at radius 2 is 1.90 bits per heavy atom. The van der Waals surface area contributed by atoms with Gasteiger partial charge in [0.25, 0.3) is 0 Å². The first kappa shape index (κ1) is 18.0. The highest BCUT2D eigenvalue weighted by atomic mass is 16.4. The standard InChI is InChI=1S/C16H30N2O3/c1-11(2)16(14(20)21)6-7-18(10-16)13(19)12(9-17)8-15(3,4)5/h11-12H,6-10,17H2,1-5H3,(H,20,21). The molecular weight excluding hydrogens is 268 g/mol. The maximum absolute atomic E-state index is 12.6. The quantitative estimate of drug-likeness (QED) is 0.812. The minimum atomic E-state index is -0.809. The molecule has 21 heavy (non-hydrogen) atoms. The second-order valence-electron chi connectivity index (χ2n) is 7.82. The van der Waals surface area contributed by atoms with Crippen LogP contribution in [0.3, 0.4) is 0 Å². The zero-order valence-electron chi connectivity index (χ0n) is 14.0. The lowest BCUT2D eigenvalue weighted by Gasteiger charge is -2.31. The van der Waals surface area contributed by atoms with Gasteiger partial charge in [0.2, 0.25) is 5.91 Å². The lowest BCUT2D eigenvalue weighted by atomic mass is 9.76. The van der Waals surface area contributed by atoms with Crippen LogP contribution in [0, 0.1) is 22.7 Å². The van der Waals surface area contributed by atoms with Gasteiger partial charge in [-0.15, -0.1) is 0 Å². The Morgan fingerprint density at radius 1 is 1.33 bits per heavy atom. The Kier molecular flexibility index (Phi) is 5.42. The second kappa shape index (κ2) is 6.34. The van der Waals surface area contributed by atoms with Gasteiger partial charge in [0, 0.05) is 19.6 Å². The Morgan fingerprint density at radius 3 is 2.24 bits per heavy atom. The van der Waals surface area contributed by atoms with Gasteiger partial charge in [-0.25, -0.2) is 0 Å². The number of nitrogens with two attached hydrogens (primary N) is 1. The average molecular weight is 298 g/mol. The summed E-state index contributed by atoms with van der Waals surface area (Å²) in [6, 6.07) is 0. The summed E-state index contributed by atoms with van der Waals surface area (Å²) in [4.78, 5) is 26.0. The predicted molar refractivity (Wildman–Crippen MR) is 82.7 cm³/mol. The zero-order chi connectivity index (χ0) is 16.4. The molecule has 5 heteroatoms. The van der Waals surface area contributed by atoms with Crippen molar-refractivity contribution in [1.82, 2.24) is 4.90 Å². The van der Waals surface area contributed by atoms with Gasteiger partial charge in [-0.1, -0.05) is 34.6 Å². The maximum atomic E-state index is 12.6. The number of nitrogens with zero attached hydrogens (tertiary/aromatic N) is 1. The van der Waals surface area contributed by atoms with Crippen molar-refractivity contribution in [2.75, 3.05) is 19.6 Å². The molecule has 3 N–H and O–H groups in total. The van der Waals surface area contributed by atoms with E-state index >= 15 is 0 Å². The Hall–Kier alpha value is -1.10. The molecule has 0 aromatic rings. The van der Waals surface area contributed by atoms with Crippen LogP contribution in [0.25, 0.3) is 0 Å². The van der Waals surface area contributed by atoms with Gasteiger partial charge in [0.1, 0.15) is 0 Å². The van der Waals surface area contributed by atoms with Crippen LogP contribution in [0.4, 0.5) is 0 Å². The van der Waals surface area contributed by atoms with Gasteiger partial charge in [-0.2, -0.15) is 0 Å². The monoisotopic (exact) mass is 298 g/mol. The molecule has 2 atom stereocenters. The first-order valence-corrected chi connectivity index (χ1v) is 7.76. The van der Waals surface area contributed by atoms with Crippen LogP contribution >= 0.6 is 0 Å². The van der Waals surface area contributed by atoms with Crippen molar-refractivity contribution in [2.24, 2.45) is 28.4 Å². The van der Waals surface area contributed by atoms with Crippen LogP contribution in [0.2, 0.25) is 0 Å². The van der Waals surface area contributed by atoms with Crippen molar-refractivity contribution in [3.05, 3.63) is 0 Å². The summed E-state index contributed by atoms with van der Waals surface area (Å²) < 4.78 is 0.